The molecule has 3 N–H and O–H groups in total. The minimum Gasteiger partial charge on any atom is -0.396 e. The molecular weight excluding hydrogens is 370 g/mol. The van der Waals surface area contributed by atoms with Crippen molar-refractivity contribution in [3.05, 3.63) is 28.3 Å². The Hall–Kier alpha value is -1.71. The molecule has 8 nitrogen and oxygen atoms in total. The van der Waals surface area contributed by atoms with E-state index in [2.05, 4.69) is 10.0 Å². The van der Waals surface area contributed by atoms with Crippen LogP contribution in [-0.4, -0.2) is 36.6 Å². The number of nitro groups is 1. The summed E-state index contributed by atoms with van der Waals surface area (Å²) < 4.78 is 27.5. The Kier molecular flexibility index (Phi) is 6.82. The fourth-order valence-corrected chi connectivity index (χ4v) is 4.84. The van der Waals surface area contributed by atoms with Gasteiger partial charge in [0.25, 0.3) is 5.69 Å². The third kappa shape index (κ3) is 5.88. The van der Waals surface area contributed by atoms with Gasteiger partial charge in [-0.05, 0) is 45.7 Å². The molecule has 1 aliphatic rings. The zero-order chi connectivity index (χ0) is 20.2. The largest absolute Gasteiger partial charge is 0.396 e. The summed E-state index contributed by atoms with van der Waals surface area (Å²) in [6.07, 6.45) is 4.77. The smallest absolute Gasteiger partial charge is 0.293 e. The van der Waals surface area contributed by atoms with Crippen LogP contribution in [0.3, 0.4) is 0 Å². The average molecular weight is 400 g/mol. The Labute approximate surface area is 160 Å². The number of aliphatic hydroxyl groups excluding tert-OH is 1. The lowest BCUT2D eigenvalue weighted by Crippen LogP contribution is -2.40. The van der Waals surface area contributed by atoms with Crippen molar-refractivity contribution in [2.75, 3.05) is 11.9 Å². The monoisotopic (exact) mass is 399 g/mol. The molecule has 0 amide bonds. The lowest BCUT2D eigenvalue weighted by Gasteiger charge is -2.25. The Morgan fingerprint density at radius 1 is 1.22 bits per heavy atom. The molecule has 27 heavy (non-hydrogen) atoms. The molecule has 0 bridgehead atoms. The van der Waals surface area contributed by atoms with E-state index in [1.165, 1.54) is 12.1 Å². The molecule has 2 rings (SSSR count). The second-order valence-corrected chi connectivity index (χ2v) is 9.81. The maximum atomic E-state index is 12.5. The summed E-state index contributed by atoms with van der Waals surface area (Å²) in [5.41, 5.74) is -0.702. The molecule has 0 heterocycles. The highest BCUT2D eigenvalue weighted by atomic mass is 32.2. The molecule has 0 unspecified atom stereocenters. The van der Waals surface area contributed by atoms with Gasteiger partial charge in [-0.15, -0.1) is 0 Å². The lowest BCUT2D eigenvalue weighted by atomic mass is 9.95. The van der Waals surface area contributed by atoms with Gasteiger partial charge >= 0.3 is 0 Å². The normalized spacial score (nSPS) is 21.5. The molecule has 0 aliphatic heterocycles. The Morgan fingerprint density at radius 3 is 2.48 bits per heavy atom. The zero-order valence-corrected chi connectivity index (χ0v) is 16.9. The van der Waals surface area contributed by atoms with Gasteiger partial charge < -0.3 is 10.4 Å². The van der Waals surface area contributed by atoms with Crippen LogP contribution in [0.1, 0.15) is 52.9 Å². The van der Waals surface area contributed by atoms with Gasteiger partial charge in [-0.2, -0.15) is 0 Å². The lowest BCUT2D eigenvalue weighted by molar-refractivity contribution is -0.384. The second kappa shape index (κ2) is 8.53. The Morgan fingerprint density at radius 2 is 1.89 bits per heavy atom. The summed E-state index contributed by atoms with van der Waals surface area (Å²) in [5, 5.41) is 24.4. The summed E-state index contributed by atoms with van der Waals surface area (Å²) in [5.74, 6) is 0.0260. The number of anilines is 1. The minimum atomic E-state index is -3.87. The van der Waals surface area contributed by atoms with E-state index in [4.69, 9.17) is 0 Å². The molecule has 1 fully saturated rings. The van der Waals surface area contributed by atoms with Crippen molar-refractivity contribution >= 4 is 21.4 Å². The predicted octanol–water partition coefficient (Wildman–Crippen LogP) is 3.02. The molecule has 1 aromatic carbocycles. The van der Waals surface area contributed by atoms with E-state index in [0.717, 1.165) is 38.2 Å². The molecule has 1 aliphatic carbocycles. The molecule has 1 aromatic rings. The third-order valence-corrected chi connectivity index (χ3v) is 6.41. The van der Waals surface area contributed by atoms with Crippen LogP contribution in [0.5, 0.6) is 0 Å². The Balaban J connectivity index is 2.34. The zero-order valence-electron chi connectivity index (χ0n) is 16.1. The summed E-state index contributed by atoms with van der Waals surface area (Å²) in [4.78, 5) is 10.8. The summed E-state index contributed by atoms with van der Waals surface area (Å²) >= 11 is 0. The van der Waals surface area contributed by atoms with Gasteiger partial charge in [0.1, 0.15) is 5.69 Å². The van der Waals surface area contributed by atoms with Crippen LogP contribution in [0, 0.1) is 16.0 Å². The first kappa shape index (κ1) is 21.6. The number of nitrogens with one attached hydrogen (secondary N) is 2. The van der Waals surface area contributed by atoms with Crippen molar-refractivity contribution in [3.8, 4) is 0 Å². The first-order valence-electron chi connectivity index (χ1n) is 9.23. The first-order chi connectivity index (χ1) is 12.5. The number of sulfonamides is 1. The quantitative estimate of drug-likeness (QED) is 0.384. The molecule has 0 aromatic heterocycles. The van der Waals surface area contributed by atoms with Crippen molar-refractivity contribution in [3.63, 3.8) is 0 Å². The van der Waals surface area contributed by atoms with Gasteiger partial charge in [-0.1, -0.05) is 19.3 Å². The standard InChI is InChI=1S/C18H29N3O5S/c1-18(2,3)20-27(25,26)14-9-10-16(17(11-14)21(23)24)19-15-8-6-4-5-7-13(15)12-22/h9-11,13,15,19-20,22H,4-8,12H2,1-3H3/t13-,15+/m1/s1. The van der Waals surface area contributed by atoms with Gasteiger partial charge in [-0.25, -0.2) is 13.1 Å². The Bertz CT molecular complexity index is 774. The van der Waals surface area contributed by atoms with Crippen molar-refractivity contribution in [1.82, 2.24) is 4.72 Å². The van der Waals surface area contributed by atoms with E-state index in [9.17, 15) is 23.6 Å². The molecule has 0 saturated heterocycles. The van der Waals surface area contributed by atoms with Crippen LogP contribution in [0.4, 0.5) is 11.4 Å². The topological polar surface area (TPSA) is 122 Å². The SMILES string of the molecule is CC(C)(C)NS(=O)(=O)c1ccc(N[C@H]2CCCCC[C@@H]2CO)c([N+](=O)[O-])c1. The minimum absolute atomic E-state index is 0.0213. The highest BCUT2D eigenvalue weighted by Crippen LogP contribution is 2.32. The van der Waals surface area contributed by atoms with E-state index in [0.29, 0.717) is 0 Å². The maximum absolute atomic E-state index is 12.5. The fraction of sp³-hybridized carbons (Fsp3) is 0.667. The highest BCUT2D eigenvalue weighted by molar-refractivity contribution is 7.89. The summed E-state index contributed by atoms with van der Waals surface area (Å²) in [7, 11) is -3.87. The van der Waals surface area contributed by atoms with Gasteiger partial charge in [0.2, 0.25) is 10.0 Å². The maximum Gasteiger partial charge on any atom is 0.293 e. The molecule has 152 valence electrons. The first-order valence-corrected chi connectivity index (χ1v) is 10.7. The van der Waals surface area contributed by atoms with Gasteiger partial charge in [0.15, 0.2) is 0 Å². The number of hydrogen-bond donors (Lipinski definition) is 3. The highest BCUT2D eigenvalue weighted by Gasteiger charge is 2.28. The number of rotatable bonds is 6. The number of aliphatic hydroxyl groups is 1. The summed E-state index contributed by atoms with van der Waals surface area (Å²) in [6.45, 7) is 5.13. The number of nitrogens with zero attached hydrogens (tertiary/aromatic N) is 1. The average Bonchev–Trinajstić information content (AvgIpc) is 2.77. The van der Waals surface area contributed by atoms with Crippen LogP contribution in [0.15, 0.2) is 23.1 Å². The van der Waals surface area contributed by atoms with Crippen LogP contribution in [-0.2, 0) is 10.0 Å². The van der Waals surface area contributed by atoms with E-state index in [1.807, 2.05) is 0 Å². The van der Waals surface area contributed by atoms with Crippen molar-refractivity contribution in [1.29, 1.82) is 0 Å². The van der Waals surface area contributed by atoms with Crippen molar-refractivity contribution in [2.24, 2.45) is 5.92 Å². The van der Waals surface area contributed by atoms with Crippen LogP contribution in [0.2, 0.25) is 0 Å². The van der Waals surface area contributed by atoms with Gasteiger partial charge in [0, 0.05) is 30.2 Å². The molecule has 9 heteroatoms. The molecule has 2 atom stereocenters. The van der Waals surface area contributed by atoms with Gasteiger partial charge in [-0.3, -0.25) is 10.1 Å². The van der Waals surface area contributed by atoms with Crippen molar-refractivity contribution < 1.29 is 18.4 Å². The predicted molar refractivity (Wildman–Crippen MR) is 104 cm³/mol. The second-order valence-electron chi connectivity index (χ2n) is 8.12. The van der Waals surface area contributed by atoms with E-state index >= 15 is 0 Å². The summed E-state index contributed by atoms with van der Waals surface area (Å²) in [6, 6.07) is 3.82. The molecule has 1 saturated carbocycles. The number of hydrogen-bond acceptors (Lipinski definition) is 6. The fourth-order valence-electron chi connectivity index (χ4n) is 3.41. The van der Waals surface area contributed by atoms with Crippen LogP contribution in [0.25, 0.3) is 0 Å². The molecular formula is C18H29N3O5S. The van der Waals surface area contributed by atoms with E-state index in [-0.39, 0.29) is 34.8 Å². The molecule has 0 radical (unpaired) electrons. The van der Waals surface area contributed by atoms with E-state index < -0.39 is 20.5 Å². The van der Waals surface area contributed by atoms with E-state index in [1.54, 1.807) is 20.8 Å². The van der Waals surface area contributed by atoms with Crippen LogP contribution >= 0.6 is 0 Å². The number of benzene rings is 1. The van der Waals surface area contributed by atoms with Crippen LogP contribution < -0.4 is 10.0 Å². The molecule has 0 spiro atoms. The van der Waals surface area contributed by atoms with Gasteiger partial charge in [0.05, 0.1) is 9.82 Å². The van der Waals surface area contributed by atoms with Crippen molar-refractivity contribution in [2.45, 2.75) is 69.4 Å². The number of nitro benzene ring substituents is 1. The third-order valence-electron chi connectivity index (χ3n) is 4.65.